The summed E-state index contributed by atoms with van der Waals surface area (Å²) in [6.07, 6.45) is -5.72. The van der Waals surface area contributed by atoms with E-state index < -0.39 is 35.8 Å². The number of nitrogens with zero attached hydrogens (tertiary/aromatic N) is 3. The molecule has 40 heavy (non-hydrogen) atoms. The van der Waals surface area contributed by atoms with Crippen LogP contribution in [0, 0.1) is 12.3 Å². The van der Waals surface area contributed by atoms with Crippen molar-refractivity contribution in [3.8, 4) is 5.75 Å². The molecular formula is C28H29ClF3N5O3. The average Bonchev–Trinajstić information content (AvgIpc) is 3.29. The highest BCUT2D eigenvalue weighted by Gasteiger charge is 2.44. The van der Waals surface area contributed by atoms with E-state index in [1.807, 2.05) is 6.92 Å². The number of alkyl halides is 3. The summed E-state index contributed by atoms with van der Waals surface area (Å²) in [5, 5.41) is 9.21. The van der Waals surface area contributed by atoms with Crippen molar-refractivity contribution in [2.24, 2.45) is 15.7 Å². The van der Waals surface area contributed by atoms with Gasteiger partial charge < -0.3 is 15.2 Å². The lowest BCUT2D eigenvalue weighted by Crippen LogP contribution is -2.42. The minimum Gasteiger partial charge on any atom is -0.496 e. The number of amidine groups is 2. The summed E-state index contributed by atoms with van der Waals surface area (Å²) in [6, 6.07) is 9.76. The summed E-state index contributed by atoms with van der Waals surface area (Å²) in [4.78, 5) is 20.7. The first kappa shape index (κ1) is 29.3. The van der Waals surface area contributed by atoms with Crippen LogP contribution < -0.4 is 15.4 Å². The Kier molecular flexibility index (Phi) is 8.65. The second-order valence-corrected chi connectivity index (χ2v) is 9.92. The molecule has 12 heteroatoms. The number of hydrogen-bond acceptors (Lipinski definition) is 6. The number of amides is 1. The van der Waals surface area contributed by atoms with Gasteiger partial charge in [-0.1, -0.05) is 30.3 Å². The Morgan fingerprint density at radius 2 is 2.05 bits per heavy atom. The molecule has 0 radical (unpaired) electrons. The normalized spacial score (nSPS) is 19.1. The Morgan fingerprint density at radius 3 is 2.73 bits per heavy atom. The summed E-state index contributed by atoms with van der Waals surface area (Å²) in [5.41, 5.74) is 6.48. The van der Waals surface area contributed by atoms with Gasteiger partial charge in [-0.15, -0.1) is 0 Å². The number of nitrogens with one attached hydrogen (secondary N) is 1. The molecule has 1 amide bonds. The second-order valence-electron chi connectivity index (χ2n) is 9.48. The summed E-state index contributed by atoms with van der Waals surface area (Å²) in [7, 11) is 1.52. The molecule has 2 aliphatic rings. The molecule has 1 unspecified atom stereocenters. The molecule has 0 aromatic heterocycles. The molecule has 2 aromatic carbocycles. The molecule has 8 nitrogen and oxygen atoms in total. The maximum Gasteiger partial charge on any atom is 0.431 e. The summed E-state index contributed by atoms with van der Waals surface area (Å²) >= 11 is 6.32. The molecule has 0 aliphatic carbocycles. The van der Waals surface area contributed by atoms with Crippen LogP contribution in [0.25, 0.3) is 0 Å². The Labute approximate surface area is 234 Å². The minimum atomic E-state index is -4.82. The molecule has 2 atom stereocenters. The van der Waals surface area contributed by atoms with E-state index in [0.717, 1.165) is 16.2 Å². The molecule has 3 N–H and O–H groups in total. The fourth-order valence-electron chi connectivity index (χ4n) is 4.77. The van der Waals surface area contributed by atoms with Crippen molar-refractivity contribution in [3.05, 3.63) is 70.4 Å². The van der Waals surface area contributed by atoms with Crippen LogP contribution in [-0.2, 0) is 9.53 Å². The van der Waals surface area contributed by atoms with Crippen LogP contribution in [0.15, 0.2) is 58.7 Å². The Balaban J connectivity index is 1.78. The van der Waals surface area contributed by atoms with E-state index in [-0.39, 0.29) is 18.5 Å². The van der Waals surface area contributed by atoms with Crippen molar-refractivity contribution in [3.63, 3.8) is 0 Å². The number of carbonyl (C=O) groups is 1. The van der Waals surface area contributed by atoms with Gasteiger partial charge >= 0.3 is 6.18 Å². The highest BCUT2D eigenvalue weighted by Crippen LogP contribution is 2.45. The zero-order valence-electron chi connectivity index (χ0n) is 22.0. The molecule has 4 rings (SSSR count). The summed E-state index contributed by atoms with van der Waals surface area (Å²) < 4.78 is 54.1. The highest BCUT2D eigenvalue weighted by molar-refractivity contribution is 6.30. The van der Waals surface area contributed by atoms with E-state index in [1.165, 1.54) is 25.3 Å². The van der Waals surface area contributed by atoms with Crippen LogP contribution >= 0.6 is 11.6 Å². The van der Waals surface area contributed by atoms with Crippen LogP contribution in [0.2, 0.25) is 5.02 Å². The van der Waals surface area contributed by atoms with Crippen LogP contribution in [-0.4, -0.2) is 49.2 Å². The minimum absolute atomic E-state index is 0.0545. The van der Waals surface area contributed by atoms with Crippen molar-refractivity contribution in [1.29, 1.82) is 5.41 Å². The fourth-order valence-corrected chi connectivity index (χ4v) is 4.95. The third-order valence-corrected chi connectivity index (χ3v) is 7.01. The lowest BCUT2D eigenvalue weighted by atomic mass is 9.95. The standard InChI is InChI=1S/C28H29ClF3N5O3/c1-15-19(7-5-8-22(15)39-3)26-20-12-17(29)10-11-21(20)37(16(2)28(30,31)32)27(34)23(40-26)13-25-35-14-18(36-25)6-4-9-24(33)38/h5,7-8,10-12,23,26,34H,2,4,6,9,13-14H2,1,3H3,(H2,33,38)/t23-,26?/m1/s1. The van der Waals surface area contributed by atoms with Gasteiger partial charge in [-0.3, -0.25) is 20.1 Å². The number of nitrogens with two attached hydrogens (primary N) is 1. The molecule has 0 saturated carbocycles. The fraction of sp³-hybridized carbons (Fsp3) is 0.357. The van der Waals surface area contributed by atoms with Crippen molar-refractivity contribution >= 4 is 40.6 Å². The number of halogens is 4. The van der Waals surface area contributed by atoms with Gasteiger partial charge in [0.2, 0.25) is 5.91 Å². The topological polar surface area (TPSA) is 113 Å². The molecule has 2 aromatic rings. The molecule has 2 aliphatic heterocycles. The van der Waals surface area contributed by atoms with Gasteiger partial charge in [-0.2, -0.15) is 13.2 Å². The van der Waals surface area contributed by atoms with Gasteiger partial charge in [0.15, 0.2) is 0 Å². The molecule has 0 saturated heterocycles. The Morgan fingerprint density at radius 1 is 1.30 bits per heavy atom. The first-order valence-electron chi connectivity index (χ1n) is 12.5. The number of methoxy groups -OCH3 is 1. The van der Waals surface area contributed by atoms with Gasteiger partial charge in [-0.25, -0.2) is 4.99 Å². The largest absolute Gasteiger partial charge is 0.496 e. The summed E-state index contributed by atoms with van der Waals surface area (Å²) in [6.45, 7) is 5.40. The van der Waals surface area contributed by atoms with E-state index in [2.05, 4.69) is 16.6 Å². The van der Waals surface area contributed by atoms with Crippen LogP contribution in [0.3, 0.4) is 0 Å². The van der Waals surface area contributed by atoms with E-state index in [9.17, 15) is 18.0 Å². The number of fused-ring (bicyclic) bond motifs is 1. The number of aliphatic imine (C=N–C) groups is 2. The number of allylic oxidation sites excluding steroid dienone is 1. The summed E-state index contributed by atoms with van der Waals surface area (Å²) in [5.74, 6) is 0.0339. The number of primary amides is 1. The Bertz CT molecular complexity index is 1410. The predicted molar refractivity (Wildman–Crippen MR) is 149 cm³/mol. The third-order valence-electron chi connectivity index (χ3n) is 6.77. The van der Waals surface area contributed by atoms with Gasteiger partial charge in [0, 0.05) is 29.1 Å². The number of carbonyl (C=O) groups excluding carboxylic acids is 1. The van der Waals surface area contributed by atoms with Crippen LogP contribution in [0.1, 0.15) is 48.5 Å². The van der Waals surface area contributed by atoms with Gasteiger partial charge in [-0.05, 0) is 55.2 Å². The maximum atomic E-state index is 14.1. The molecule has 0 bridgehead atoms. The number of benzene rings is 2. The number of ether oxygens (including phenoxy) is 2. The van der Waals surface area contributed by atoms with Crippen molar-refractivity contribution in [1.82, 2.24) is 0 Å². The van der Waals surface area contributed by atoms with Crippen LogP contribution in [0.4, 0.5) is 18.9 Å². The lowest BCUT2D eigenvalue weighted by Gasteiger charge is -2.30. The van der Waals surface area contributed by atoms with Gasteiger partial charge in [0.05, 0.1) is 19.3 Å². The molecule has 212 valence electrons. The third kappa shape index (κ3) is 6.20. The van der Waals surface area contributed by atoms with Gasteiger partial charge in [0.25, 0.3) is 0 Å². The second kappa shape index (κ2) is 11.8. The zero-order valence-corrected chi connectivity index (χ0v) is 22.8. The monoisotopic (exact) mass is 575 g/mol. The van der Waals surface area contributed by atoms with E-state index in [4.69, 9.17) is 32.2 Å². The number of hydrogen-bond donors (Lipinski definition) is 2. The van der Waals surface area contributed by atoms with Crippen LogP contribution in [0.5, 0.6) is 5.75 Å². The molecule has 0 fully saturated rings. The van der Waals surface area contributed by atoms with E-state index in [0.29, 0.717) is 47.1 Å². The highest BCUT2D eigenvalue weighted by atomic mass is 35.5. The molecular weight excluding hydrogens is 547 g/mol. The number of rotatable bonds is 9. The SMILES string of the molecule is C=C(N1C(=N)[C@@H](CC2=NCC(CCCC(N)=O)=N2)OC(c2cccc(OC)c2C)c2cc(Cl)ccc21)C(F)(F)F. The average molecular weight is 576 g/mol. The first-order valence-corrected chi connectivity index (χ1v) is 12.9. The Hall–Kier alpha value is -3.70. The maximum absolute atomic E-state index is 14.1. The van der Waals surface area contributed by atoms with E-state index in [1.54, 1.807) is 18.2 Å². The predicted octanol–water partition coefficient (Wildman–Crippen LogP) is 5.90. The zero-order chi connectivity index (χ0) is 29.2. The van der Waals surface area contributed by atoms with Crippen molar-refractivity contribution in [2.45, 2.75) is 51.0 Å². The lowest BCUT2D eigenvalue weighted by molar-refractivity contribution is -0.118. The number of anilines is 1. The van der Waals surface area contributed by atoms with Crippen molar-refractivity contribution < 1.29 is 27.4 Å². The van der Waals surface area contributed by atoms with Gasteiger partial charge in [0.1, 0.15) is 35.3 Å². The molecule has 0 spiro atoms. The quantitative estimate of drug-likeness (QED) is 0.387. The first-order chi connectivity index (χ1) is 18.9. The van der Waals surface area contributed by atoms with E-state index >= 15 is 0 Å². The molecule has 2 heterocycles. The van der Waals surface area contributed by atoms with Crippen molar-refractivity contribution in [2.75, 3.05) is 18.6 Å². The smallest absolute Gasteiger partial charge is 0.431 e.